The molecule has 2 aromatic rings. The van der Waals surface area contributed by atoms with E-state index >= 15 is 0 Å². The normalized spacial score (nSPS) is 20.3. The van der Waals surface area contributed by atoms with Crippen LogP contribution in [0.3, 0.4) is 0 Å². The van der Waals surface area contributed by atoms with E-state index in [0.29, 0.717) is 18.1 Å². The first-order valence-electron chi connectivity index (χ1n) is 10.3. The number of esters is 1. The number of carbonyl (C=O) groups excluding carboxylic acids is 1. The molecule has 1 saturated carbocycles. The Hall–Kier alpha value is -2.30. The van der Waals surface area contributed by atoms with Crippen molar-refractivity contribution in [3.63, 3.8) is 0 Å². The SMILES string of the molecule is CCC1CCC(C(C)Cc2ccc(C(=O)Oc3cc(F)c(F)c(F)c3)cc2)CC1. The lowest BCUT2D eigenvalue weighted by Gasteiger charge is -2.32. The van der Waals surface area contributed by atoms with E-state index in [1.54, 1.807) is 12.1 Å². The summed E-state index contributed by atoms with van der Waals surface area (Å²) in [5.41, 5.74) is 1.42. The van der Waals surface area contributed by atoms with Crippen LogP contribution >= 0.6 is 0 Å². The molecule has 0 aromatic heterocycles. The fourth-order valence-electron chi connectivity index (χ4n) is 4.24. The van der Waals surface area contributed by atoms with Crippen molar-refractivity contribution in [3.05, 3.63) is 65.0 Å². The van der Waals surface area contributed by atoms with Gasteiger partial charge in [0.1, 0.15) is 5.75 Å². The molecule has 1 atom stereocenters. The topological polar surface area (TPSA) is 26.3 Å². The van der Waals surface area contributed by atoms with E-state index in [1.165, 1.54) is 32.1 Å². The minimum absolute atomic E-state index is 0.273. The predicted octanol–water partition coefficient (Wildman–Crippen LogP) is 6.72. The molecule has 0 aliphatic heterocycles. The maximum atomic E-state index is 13.3. The zero-order chi connectivity index (χ0) is 21.0. The van der Waals surface area contributed by atoms with E-state index in [-0.39, 0.29) is 11.3 Å². The van der Waals surface area contributed by atoms with Gasteiger partial charge in [-0.05, 0) is 54.7 Å². The van der Waals surface area contributed by atoms with Gasteiger partial charge in [-0.25, -0.2) is 18.0 Å². The van der Waals surface area contributed by atoms with Crippen molar-refractivity contribution >= 4 is 5.97 Å². The smallest absolute Gasteiger partial charge is 0.343 e. The predicted molar refractivity (Wildman–Crippen MR) is 106 cm³/mol. The van der Waals surface area contributed by atoms with E-state index in [0.717, 1.165) is 23.8 Å². The van der Waals surface area contributed by atoms with Gasteiger partial charge in [-0.15, -0.1) is 0 Å². The molecule has 1 fully saturated rings. The molecule has 1 aliphatic rings. The van der Waals surface area contributed by atoms with Gasteiger partial charge in [-0.1, -0.05) is 45.2 Å². The van der Waals surface area contributed by atoms with Gasteiger partial charge in [0, 0.05) is 12.1 Å². The summed E-state index contributed by atoms with van der Waals surface area (Å²) in [6.45, 7) is 4.56. The Labute approximate surface area is 170 Å². The van der Waals surface area contributed by atoms with Crippen molar-refractivity contribution in [3.8, 4) is 5.75 Å². The summed E-state index contributed by atoms with van der Waals surface area (Å²) in [7, 11) is 0. The van der Waals surface area contributed by atoms with Gasteiger partial charge < -0.3 is 4.74 Å². The van der Waals surface area contributed by atoms with Crippen LogP contribution in [0.2, 0.25) is 0 Å². The van der Waals surface area contributed by atoms with Crippen LogP contribution in [0.4, 0.5) is 13.2 Å². The number of benzene rings is 2. The summed E-state index contributed by atoms with van der Waals surface area (Å²) in [5, 5.41) is 0. The van der Waals surface area contributed by atoms with E-state index < -0.39 is 23.4 Å². The Morgan fingerprint density at radius 3 is 2.17 bits per heavy atom. The zero-order valence-corrected chi connectivity index (χ0v) is 16.9. The van der Waals surface area contributed by atoms with Gasteiger partial charge in [0.15, 0.2) is 17.5 Å². The summed E-state index contributed by atoms with van der Waals surface area (Å²) in [6, 6.07) is 8.37. The zero-order valence-electron chi connectivity index (χ0n) is 16.9. The second-order valence-corrected chi connectivity index (χ2v) is 8.16. The molecule has 1 unspecified atom stereocenters. The highest BCUT2D eigenvalue weighted by molar-refractivity contribution is 5.91. The molecule has 0 bridgehead atoms. The van der Waals surface area contributed by atoms with Gasteiger partial charge in [-0.3, -0.25) is 0 Å². The molecule has 2 nitrogen and oxygen atoms in total. The molecule has 0 heterocycles. The third kappa shape index (κ3) is 5.40. The minimum atomic E-state index is -1.59. The lowest BCUT2D eigenvalue weighted by Crippen LogP contribution is -2.21. The first-order valence-corrected chi connectivity index (χ1v) is 10.3. The van der Waals surface area contributed by atoms with Gasteiger partial charge >= 0.3 is 5.97 Å². The quantitative estimate of drug-likeness (QED) is 0.304. The second kappa shape index (κ2) is 9.47. The van der Waals surface area contributed by atoms with E-state index in [4.69, 9.17) is 4.74 Å². The fourth-order valence-corrected chi connectivity index (χ4v) is 4.24. The molecule has 0 spiro atoms. The first-order chi connectivity index (χ1) is 13.9. The molecular formula is C24H27F3O2. The summed E-state index contributed by atoms with van der Waals surface area (Å²) < 4.78 is 44.5. The lowest BCUT2D eigenvalue weighted by atomic mass is 9.74. The molecule has 156 valence electrons. The molecule has 5 heteroatoms. The number of carbonyl (C=O) groups is 1. The molecule has 0 radical (unpaired) electrons. The summed E-state index contributed by atoms with van der Waals surface area (Å²) in [4.78, 5) is 12.2. The first kappa shape index (κ1) is 21.4. The summed E-state index contributed by atoms with van der Waals surface area (Å²) in [6.07, 6.45) is 7.44. The van der Waals surface area contributed by atoms with Gasteiger partial charge in [-0.2, -0.15) is 0 Å². The largest absolute Gasteiger partial charge is 0.423 e. The number of ether oxygens (including phenoxy) is 1. The van der Waals surface area contributed by atoms with Crippen LogP contribution in [0.5, 0.6) is 5.75 Å². The molecule has 29 heavy (non-hydrogen) atoms. The molecule has 0 amide bonds. The van der Waals surface area contributed by atoms with Crippen LogP contribution in [-0.2, 0) is 6.42 Å². The van der Waals surface area contributed by atoms with Crippen molar-refractivity contribution < 1.29 is 22.7 Å². The van der Waals surface area contributed by atoms with Crippen molar-refractivity contribution in [2.75, 3.05) is 0 Å². The maximum absolute atomic E-state index is 13.3. The molecule has 1 aliphatic carbocycles. The summed E-state index contributed by atoms with van der Waals surface area (Å²) >= 11 is 0. The van der Waals surface area contributed by atoms with Crippen LogP contribution in [0.25, 0.3) is 0 Å². The van der Waals surface area contributed by atoms with E-state index in [9.17, 15) is 18.0 Å². The molecular weight excluding hydrogens is 377 g/mol. The van der Waals surface area contributed by atoms with Gasteiger partial charge in [0.05, 0.1) is 5.56 Å². The Morgan fingerprint density at radius 2 is 1.62 bits per heavy atom. The second-order valence-electron chi connectivity index (χ2n) is 8.16. The highest BCUT2D eigenvalue weighted by Gasteiger charge is 2.24. The highest BCUT2D eigenvalue weighted by Crippen LogP contribution is 2.36. The van der Waals surface area contributed by atoms with Crippen molar-refractivity contribution in [2.24, 2.45) is 17.8 Å². The number of hydrogen-bond donors (Lipinski definition) is 0. The van der Waals surface area contributed by atoms with Crippen molar-refractivity contribution in [2.45, 2.75) is 52.4 Å². The molecule has 0 saturated heterocycles. The Balaban J connectivity index is 1.57. The standard InChI is InChI=1S/C24H27F3O2/c1-3-16-4-8-18(9-5-16)15(2)12-17-6-10-19(11-7-17)24(28)29-20-13-21(25)23(27)22(26)14-20/h6-7,10-11,13-16,18H,3-5,8-9,12H2,1-2H3. The number of rotatable bonds is 6. The van der Waals surface area contributed by atoms with E-state index in [2.05, 4.69) is 13.8 Å². The molecule has 3 rings (SSSR count). The maximum Gasteiger partial charge on any atom is 0.343 e. The molecule has 0 N–H and O–H groups in total. The number of hydrogen-bond acceptors (Lipinski definition) is 2. The number of halogens is 3. The minimum Gasteiger partial charge on any atom is -0.423 e. The van der Waals surface area contributed by atoms with Gasteiger partial charge in [0.25, 0.3) is 0 Å². The highest BCUT2D eigenvalue weighted by atomic mass is 19.2. The van der Waals surface area contributed by atoms with Crippen molar-refractivity contribution in [1.82, 2.24) is 0 Å². The van der Waals surface area contributed by atoms with Crippen LogP contribution in [0.1, 0.15) is 61.9 Å². The Bertz CT molecular complexity index is 817. The fraction of sp³-hybridized carbons (Fsp3) is 0.458. The third-order valence-corrected chi connectivity index (χ3v) is 6.19. The summed E-state index contributed by atoms with van der Waals surface area (Å²) in [5.74, 6) is -3.30. The third-order valence-electron chi connectivity index (χ3n) is 6.19. The van der Waals surface area contributed by atoms with Gasteiger partial charge in [0.2, 0.25) is 0 Å². The molecule has 2 aromatic carbocycles. The average Bonchev–Trinajstić information content (AvgIpc) is 2.72. The van der Waals surface area contributed by atoms with E-state index in [1.807, 2.05) is 12.1 Å². The van der Waals surface area contributed by atoms with Crippen LogP contribution in [0, 0.1) is 35.2 Å². The van der Waals surface area contributed by atoms with Crippen LogP contribution in [-0.4, -0.2) is 5.97 Å². The van der Waals surface area contributed by atoms with Crippen LogP contribution < -0.4 is 4.74 Å². The van der Waals surface area contributed by atoms with Crippen molar-refractivity contribution in [1.29, 1.82) is 0 Å². The average molecular weight is 404 g/mol. The van der Waals surface area contributed by atoms with Crippen LogP contribution in [0.15, 0.2) is 36.4 Å². The Kier molecular flexibility index (Phi) is 6.99. The lowest BCUT2D eigenvalue weighted by molar-refractivity contribution is 0.0733. The Morgan fingerprint density at radius 1 is 1.03 bits per heavy atom. The monoisotopic (exact) mass is 404 g/mol.